The Balaban J connectivity index is 1.64. The van der Waals surface area contributed by atoms with E-state index in [1.54, 1.807) is 19.1 Å². The number of nitrogens with one attached hydrogen (secondary N) is 1. The van der Waals surface area contributed by atoms with E-state index in [9.17, 15) is 22.0 Å². The molecule has 2 aromatic carbocycles. The smallest absolute Gasteiger partial charge is 0.243 e. The van der Waals surface area contributed by atoms with Crippen molar-refractivity contribution in [3.63, 3.8) is 0 Å². The van der Waals surface area contributed by atoms with E-state index in [2.05, 4.69) is 5.32 Å². The lowest BCUT2D eigenvalue weighted by atomic mass is 9.98. The lowest BCUT2D eigenvalue weighted by Gasteiger charge is -2.31. The van der Waals surface area contributed by atoms with Gasteiger partial charge in [0.2, 0.25) is 15.9 Å². The van der Waals surface area contributed by atoms with E-state index in [0.29, 0.717) is 24.9 Å². The summed E-state index contributed by atoms with van der Waals surface area (Å²) in [6.45, 7) is 2.30. The van der Waals surface area contributed by atoms with Gasteiger partial charge in [0.1, 0.15) is 11.6 Å². The Morgan fingerprint density at radius 1 is 1.18 bits per heavy atom. The third-order valence-corrected chi connectivity index (χ3v) is 6.77. The van der Waals surface area contributed by atoms with Crippen molar-refractivity contribution in [1.82, 2.24) is 9.62 Å². The van der Waals surface area contributed by atoms with Gasteiger partial charge in [0.05, 0.1) is 10.8 Å². The highest BCUT2D eigenvalue weighted by Gasteiger charge is 2.33. The first kappa shape index (κ1) is 20.4. The molecule has 1 fully saturated rings. The molecule has 28 heavy (non-hydrogen) atoms. The molecule has 0 aromatic heterocycles. The second-order valence-corrected chi connectivity index (χ2v) is 8.90. The van der Waals surface area contributed by atoms with Gasteiger partial charge in [-0.2, -0.15) is 4.31 Å². The van der Waals surface area contributed by atoms with E-state index >= 15 is 0 Å². The summed E-state index contributed by atoms with van der Waals surface area (Å²) in [6, 6.07) is 9.29. The molecular formula is C20H22F2N2O3S. The predicted octanol–water partition coefficient (Wildman–Crippen LogP) is 2.99. The van der Waals surface area contributed by atoms with Crippen molar-refractivity contribution in [3.8, 4) is 0 Å². The molecule has 1 atom stereocenters. The van der Waals surface area contributed by atoms with Crippen LogP contribution in [-0.2, 0) is 21.4 Å². The Morgan fingerprint density at radius 3 is 2.57 bits per heavy atom. The maximum atomic E-state index is 13.3. The number of sulfonamides is 1. The van der Waals surface area contributed by atoms with Gasteiger partial charge in [0.25, 0.3) is 0 Å². The maximum Gasteiger partial charge on any atom is 0.243 e. The fraction of sp³-hybridized carbons (Fsp3) is 0.350. The maximum absolute atomic E-state index is 13.3. The second-order valence-electron chi connectivity index (χ2n) is 6.96. The van der Waals surface area contributed by atoms with Crippen LogP contribution < -0.4 is 5.32 Å². The Labute approximate surface area is 163 Å². The first-order valence-corrected chi connectivity index (χ1v) is 10.5. The van der Waals surface area contributed by atoms with Crippen LogP contribution in [0.1, 0.15) is 24.0 Å². The van der Waals surface area contributed by atoms with Crippen molar-refractivity contribution in [2.24, 2.45) is 5.92 Å². The number of carbonyl (C=O) groups excluding carboxylic acids is 1. The van der Waals surface area contributed by atoms with Gasteiger partial charge in [0.15, 0.2) is 0 Å². The lowest BCUT2D eigenvalue weighted by Crippen LogP contribution is -2.45. The number of piperidine rings is 1. The van der Waals surface area contributed by atoms with Crippen molar-refractivity contribution in [3.05, 3.63) is 65.2 Å². The van der Waals surface area contributed by atoms with Gasteiger partial charge in [0, 0.05) is 19.6 Å². The summed E-state index contributed by atoms with van der Waals surface area (Å²) in [5.41, 5.74) is 1.28. The van der Waals surface area contributed by atoms with Gasteiger partial charge in [-0.3, -0.25) is 4.79 Å². The summed E-state index contributed by atoms with van der Waals surface area (Å²) in [5.74, 6) is -1.51. The largest absolute Gasteiger partial charge is 0.352 e. The minimum atomic E-state index is -3.78. The molecule has 1 saturated heterocycles. The number of rotatable bonds is 5. The van der Waals surface area contributed by atoms with Gasteiger partial charge in [-0.25, -0.2) is 17.2 Å². The molecule has 8 heteroatoms. The standard InChI is InChI=1S/C20H22F2N2O3S/c1-14-11-15(4-9-19(14)22)12-23-20(25)16-3-2-10-24(13-16)28(26,27)18-7-5-17(21)6-8-18/h4-9,11,16H,2-3,10,12-13H2,1H3,(H,23,25). The van der Waals surface area contributed by atoms with Crippen LogP contribution in [0.5, 0.6) is 0 Å². The fourth-order valence-corrected chi connectivity index (χ4v) is 4.80. The molecule has 0 spiro atoms. The molecule has 0 aliphatic carbocycles. The number of amides is 1. The van der Waals surface area contributed by atoms with Gasteiger partial charge >= 0.3 is 0 Å². The molecule has 0 saturated carbocycles. The molecule has 1 amide bonds. The van der Waals surface area contributed by atoms with Crippen molar-refractivity contribution in [2.75, 3.05) is 13.1 Å². The van der Waals surface area contributed by atoms with E-state index < -0.39 is 21.8 Å². The molecule has 1 aliphatic heterocycles. The minimum absolute atomic E-state index is 0.0109. The van der Waals surface area contributed by atoms with Crippen LogP contribution in [0.3, 0.4) is 0 Å². The molecule has 1 aliphatic rings. The zero-order valence-corrected chi connectivity index (χ0v) is 16.3. The van der Waals surface area contributed by atoms with E-state index in [0.717, 1.165) is 17.7 Å². The number of hydrogen-bond acceptors (Lipinski definition) is 3. The Hall–Kier alpha value is -2.32. The molecule has 1 unspecified atom stereocenters. The van der Waals surface area contributed by atoms with Crippen molar-refractivity contribution >= 4 is 15.9 Å². The number of carbonyl (C=O) groups is 1. The van der Waals surface area contributed by atoms with Crippen LogP contribution in [0.2, 0.25) is 0 Å². The molecule has 2 aromatic rings. The van der Waals surface area contributed by atoms with Gasteiger partial charge in [-0.05, 0) is 61.2 Å². The summed E-state index contributed by atoms with van der Waals surface area (Å²) < 4.78 is 53.2. The van der Waals surface area contributed by atoms with Crippen molar-refractivity contribution < 1.29 is 22.0 Å². The molecule has 5 nitrogen and oxygen atoms in total. The zero-order chi connectivity index (χ0) is 20.3. The fourth-order valence-electron chi connectivity index (χ4n) is 3.28. The van der Waals surface area contributed by atoms with Crippen LogP contribution in [0.4, 0.5) is 8.78 Å². The van der Waals surface area contributed by atoms with Gasteiger partial charge < -0.3 is 5.32 Å². The molecular weight excluding hydrogens is 386 g/mol. The highest BCUT2D eigenvalue weighted by atomic mass is 32.2. The van der Waals surface area contributed by atoms with E-state index in [-0.39, 0.29) is 29.7 Å². The first-order valence-electron chi connectivity index (χ1n) is 9.06. The van der Waals surface area contributed by atoms with Gasteiger partial charge in [-0.1, -0.05) is 12.1 Å². The van der Waals surface area contributed by atoms with Crippen LogP contribution in [0.25, 0.3) is 0 Å². The SMILES string of the molecule is Cc1cc(CNC(=O)C2CCCN(S(=O)(=O)c3ccc(F)cc3)C2)ccc1F. The van der Waals surface area contributed by atoms with Crippen LogP contribution in [0, 0.1) is 24.5 Å². The summed E-state index contributed by atoms with van der Waals surface area (Å²) in [5, 5.41) is 2.80. The Bertz CT molecular complexity index is 962. The average Bonchev–Trinajstić information content (AvgIpc) is 2.69. The van der Waals surface area contributed by atoms with Crippen molar-refractivity contribution in [1.29, 1.82) is 0 Å². The summed E-state index contributed by atoms with van der Waals surface area (Å²) in [6.07, 6.45) is 1.15. The zero-order valence-electron chi connectivity index (χ0n) is 15.5. The Kier molecular flexibility index (Phi) is 6.10. The summed E-state index contributed by atoms with van der Waals surface area (Å²) in [7, 11) is -3.78. The van der Waals surface area contributed by atoms with E-state index in [1.807, 2.05) is 0 Å². The van der Waals surface area contributed by atoms with Crippen molar-refractivity contribution in [2.45, 2.75) is 31.2 Å². The first-order chi connectivity index (χ1) is 13.3. The van der Waals surface area contributed by atoms with Crippen LogP contribution >= 0.6 is 0 Å². The highest BCUT2D eigenvalue weighted by Crippen LogP contribution is 2.24. The van der Waals surface area contributed by atoms with Gasteiger partial charge in [-0.15, -0.1) is 0 Å². The topological polar surface area (TPSA) is 66.5 Å². The molecule has 1 heterocycles. The summed E-state index contributed by atoms with van der Waals surface area (Å²) >= 11 is 0. The lowest BCUT2D eigenvalue weighted by molar-refractivity contribution is -0.126. The molecule has 3 rings (SSSR count). The summed E-state index contributed by atoms with van der Waals surface area (Å²) in [4.78, 5) is 12.5. The van der Waals surface area contributed by atoms with Crippen LogP contribution in [-0.4, -0.2) is 31.7 Å². The van der Waals surface area contributed by atoms with Crippen LogP contribution in [0.15, 0.2) is 47.4 Å². The minimum Gasteiger partial charge on any atom is -0.352 e. The normalized spacial score (nSPS) is 18.0. The number of benzene rings is 2. The highest BCUT2D eigenvalue weighted by molar-refractivity contribution is 7.89. The van der Waals surface area contributed by atoms with E-state index in [1.165, 1.54) is 22.5 Å². The van der Waals surface area contributed by atoms with E-state index in [4.69, 9.17) is 0 Å². The number of halogens is 2. The third kappa shape index (κ3) is 4.56. The Morgan fingerprint density at radius 2 is 1.89 bits per heavy atom. The molecule has 150 valence electrons. The molecule has 0 bridgehead atoms. The number of hydrogen-bond donors (Lipinski definition) is 1. The average molecular weight is 408 g/mol. The predicted molar refractivity (Wildman–Crippen MR) is 101 cm³/mol. The number of aryl methyl sites for hydroxylation is 1. The quantitative estimate of drug-likeness (QED) is 0.827. The molecule has 1 N–H and O–H groups in total. The second kappa shape index (κ2) is 8.36. The third-order valence-electron chi connectivity index (χ3n) is 4.90. The monoisotopic (exact) mass is 408 g/mol. The molecule has 0 radical (unpaired) electrons. The number of nitrogens with zero attached hydrogens (tertiary/aromatic N) is 1.